The second-order valence-corrected chi connectivity index (χ2v) is 5.42. The summed E-state index contributed by atoms with van der Waals surface area (Å²) in [6.07, 6.45) is 3.58. The van der Waals surface area contributed by atoms with Gasteiger partial charge in [-0.05, 0) is 37.2 Å². The molecule has 1 rings (SSSR count). The molecule has 0 atom stereocenters. The van der Waals surface area contributed by atoms with Gasteiger partial charge in [-0.2, -0.15) is 5.10 Å². The third-order valence-corrected chi connectivity index (χ3v) is 3.12. The smallest absolute Gasteiger partial charge is 0.187 e. The molecule has 0 spiro atoms. The first kappa shape index (κ1) is 20.2. The van der Waals surface area contributed by atoms with Crippen LogP contribution in [0.5, 0.6) is 11.5 Å². The number of methoxy groups -OCH3 is 1. The van der Waals surface area contributed by atoms with Crippen LogP contribution in [0.4, 0.5) is 0 Å². The van der Waals surface area contributed by atoms with Crippen LogP contribution in [0.1, 0.15) is 32.3 Å². The van der Waals surface area contributed by atoms with Crippen LogP contribution >= 0.6 is 12.2 Å². The van der Waals surface area contributed by atoms with Crippen molar-refractivity contribution in [1.82, 2.24) is 10.7 Å². The molecule has 0 saturated heterocycles. The number of nitrogens with zero attached hydrogens (tertiary/aromatic N) is 1. The molecule has 24 heavy (non-hydrogen) atoms. The van der Waals surface area contributed by atoms with Crippen molar-refractivity contribution in [2.45, 2.75) is 26.7 Å². The minimum Gasteiger partial charge on any atom is -0.493 e. The van der Waals surface area contributed by atoms with E-state index in [-0.39, 0.29) is 0 Å². The standard InChI is InChI=1S/C17H27N3O3S/c1-4-9-22-15-7-6-14(16(12-15)23-10-5-2)13-19-20-17(24)18-8-11-21-3/h6-7,12-13H,4-5,8-11H2,1-3H3,(H2,18,20,24). The summed E-state index contributed by atoms with van der Waals surface area (Å²) in [5, 5.41) is 7.57. The number of hydrazone groups is 1. The van der Waals surface area contributed by atoms with Gasteiger partial charge in [0.05, 0.1) is 26.0 Å². The van der Waals surface area contributed by atoms with Gasteiger partial charge in [-0.3, -0.25) is 5.43 Å². The Morgan fingerprint density at radius 3 is 2.62 bits per heavy atom. The highest BCUT2D eigenvalue weighted by atomic mass is 32.1. The summed E-state index contributed by atoms with van der Waals surface area (Å²) in [5.41, 5.74) is 3.63. The number of rotatable bonds is 11. The van der Waals surface area contributed by atoms with E-state index in [9.17, 15) is 0 Å². The molecule has 0 amide bonds. The van der Waals surface area contributed by atoms with Gasteiger partial charge in [0.2, 0.25) is 0 Å². The summed E-state index contributed by atoms with van der Waals surface area (Å²) in [7, 11) is 1.64. The van der Waals surface area contributed by atoms with Gasteiger partial charge in [-0.25, -0.2) is 0 Å². The Morgan fingerprint density at radius 2 is 1.92 bits per heavy atom. The van der Waals surface area contributed by atoms with Gasteiger partial charge in [0.25, 0.3) is 0 Å². The molecular weight excluding hydrogens is 326 g/mol. The summed E-state index contributed by atoms with van der Waals surface area (Å²) in [5.74, 6) is 1.54. The van der Waals surface area contributed by atoms with E-state index in [1.165, 1.54) is 0 Å². The Morgan fingerprint density at radius 1 is 1.17 bits per heavy atom. The van der Waals surface area contributed by atoms with Crippen LogP contribution in [0.3, 0.4) is 0 Å². The molecule has 0 fully saturated rings. The molecule has 0 aromatic heterocycles. The van der Waals surface area contributed by atoms with Gasteiger partial charge in [-0.15, -0.1) is 0 Å². The van der Waals surface area contributed by atoms with Crippen molar-refractivity contribution in [2.24, 2.45) is 5.10 Å². The van der Waals surface area contributed by atoms with Gasteiger partial charge in [0.15, 0.2) is 5.11 Å². The summed E-state index contributed by atoms with van der Waals surface area (Å²) in [6, 6.07) is 5.72. The van der Waals surface area contributed by atoms with E-state index in [0.717, 1.165) is 29.9 Å². The summed E-state index contributed by atoms with van der Waals surface area (Å²) < 4.78 is 16.4. The topological polar surface area (TPSA) is 64.1 Å². The number of ether oxygens (including phenoxy) is 3. The molecule has 7 heteroatoms. The Bertz CT molecular complexity index is 524. The molecule has 0 aliphatic heterocycles. The maximum absolute atomic E-state index is 5.78. The fourth-order valence-electron chi connectivity index (χ4n) is 1.73. The lowest BCUT2D eigenvalue weighted by molar-refractivity contribution is 0.204. The average molecular weight is 353 g/mol. The van der Waals surface area contributed by atoms with Crippen LogP contribution in [-0.4, -0.2) is 44.8 Å². The predicted molar refractivity (Wildman–Crippen MR) is 101 cm³/mol. The molecule has 0 saturated carbocycles. The SMILES string of the molecule is CCCOc1ccc(C=NNC(=S)NCCOC)c(OCCC)c1. The molecule has 0 heterocycles. The second-order valence-electron chi connectivity index (χ2n) is 5.02. The largest absolute Gasteiger partial charge is 0.493 e. The van der Waals surface area contributed by atoms with Crippen LogP contribution in [0.25, 0.3) is 0 Å². The first-order valence-corrected chi connectivity index (χ1v) is 8.57. The van der Waals surface area contributed by atoms with E-state index in [1.54, 1.807) is 13.3 Å². The van der Waals surface area contributed by atoms with Crippen LogP contribution in [0.15, 0.2) is 23.3 Å². The molecule has 1 aromatic carbocycles. The third kappa shape index (κ3) is 8.12. The van der Waals surface area contributed by atoms with Crippen molar-refractivity contribution >= 4 is 23.5 Å². The summed E-state index contributed by atoms with van der Waals surface area (Å²) in [4.78, 5) is 0. The molecule has 0 bridgehead atoms. The van der Waals surface area contributed by atoms with E-state index in [0.29, 0.717) is 31.5 Å². The monoisotopic (exact) mass is 353 g/mol. The molecule has 2 N–H and O–H groups in total. The van der Waals surface area contributed by atoms with Gasteiger partial charge < -0.3 is 19.5 Å². The number of thiocarbonyl (C=S) groups is 1. The molecule has 1 aromatic rings. The molecule has 0 aliphatic carbocycles. The van der Waals surface area contributed by atoms with E-state index in [1.807, 2.05) is 18.2 Å². The first-order valence-electron chi connectivity index (χ1n) is 8.16. The van der Waals surface area contributed by atoms with Crippen LogP contribution < -0.4 is 20.2 Å². The summed E-state index contributed by atoms with van der Waals surface area (Å²) >= 11 is 5.11. The number of hydrogen-bond donors (Lipinski definition) is 2. The average Bonchev–Trinajstić information content (AvgIpc) is 2.59. The molecule has 6 nitrogen and oxygen atoms in total. The number of nitrogens with one attached hydrogen (secondary N) is 2. The zero-order valence-corrected chi connectivity index (χ0v) is 15.4. The molecule has 0 radical (unpaired) electrons. The normalized spacial score (nSPS) is 10.6. The molecular formula is C17H27N3O3S. The highest BCUT2D eigenvalue weighted by Gasteiger charge is 2.05. The molecule has 134 valence electrons. The van der Waals surface area contributed by atoms with Crippen molar-refractivity contribution in [1.29, 1.82) is 0 Å². The van der Waals surface area contributed by atoms with Crippen molar-refractivity contribution in [3.05, 3.63) is 23.8 Å². The minimum absolute atomic E-state index is 0.447. The van der Waals surface area contributed by atoms with Crippen molar-refractivity contribution in [3.8, 4) is 11.5 Å². The maximum Gasteiger partial charge on any atom is 0.187 e. The van der Waals surface area contributed by atoms with Gasteiger partial charge in [-0.1, -0.05) is 13.8 Å². The maximum atomic E-state index is 5.78. The first-order chi connectivity index (χ1) is 11.7. The van der Waals surface area contributed by atoms with E-state index >= 15 is 0 Å². The fraction of sp³-hybridized carbons (Fsp3) is 0.529. The molecule has 0 unspecified atom stereocenters. The van der Waals surface area contributed by atoms with Gasteiger partial charge in [0.1, 0.15) is 11.5 Å². The van der Waals surface area contributed by atoms with E-state index in [2.05, 4.69) is 29.7 Å². The Kier molecular flexibility index (Phi) is 10.6. The highest BCUT2D eigenvalue weighted by molar-refractivity contribution is 7.80. The predicted octanol–water partition coefficient (Wildman–Crippen LogP) is 2.71. The van der Waals surface area contributed by atoms with Crippen LogP contribution in [0, 0.1) is 0 Å². The van der Waals surface area contributed by atoms with Crippen molar-refractivity contribution < 1.29 is 14.2 Å². The van der Waals surface area contributed by atoms with Gasteiger partial charge >= 0.3 is 0 Å². The quantitative estimate of drug-likeness (QED) is 0.276. The van der Waals surface area contributed by atoms with Crippen LogP contribution in [-0.2, 0) is 4.74 Å². The zero-order chi connectivity index (χ0) is 17.6. The van der Waals surface area contributed by atoms with Crippen LogP contribution in [0.2, 0.25) is 0 Å². The fourth-order valence-corrected chi connectivity index (χ4v) is 1.89. The lowest BCUT2D eigenvalue weighted by Crippen LogP contribution is -2.34. The Balaban J connectivity index is 2.66. The van der Waals surface area contributed by atoms with Crippen molar-refractivity contribution in [3.63, 3.8) is 0 Å². The van der Waals surface area contributed by atoms with E-state index < -0.39 is 0 Å². The van der Waals surface area contributed by atoms with Crippen molar-refractivity contribution in [2.75, 3.05) is 33.5 Å². The highest BCUT2D eigenvalue weighted by Crippen LogP contribution is 2.24. The number of hydrogen-bond acceptors (Lipinski definition) is 5. The Hall–Kier alpha value is -1.86. The lowest BCUT2D eigenvalue weighted by Gasteiger charge is -2.11. The van der Waals surface area contributed by atoms with Gasteiger partial charge in [0, 0.05) is 25.3 Å². The minimum atomic E-state index is 0.447. The Labute approximate surface area is 149 Å². The second kappa shape index (κ2) is 12.5. The summed E-state index contributed by atoms with van der Waals surface area (Å²) in [6.45, 7) is 6.68. The third-order valence-electron chi connectivity index (χ3n) is 2.88. The molecule has 0 aliphatic rings. The van der Waals surface area contributed by atoms with E-state index in [4.69, 9.17) is 26.4 Å². The number of benzene rings is 1. The zero-order valence-electron chi connectivity index (χ0n) is 14.6. The lowest BCUT2D eigenvalue weighted by atomic mass is 10.2.